The largest absolute Gasteiger partial charge is 0.497 e. The van der Waals surface area contributed by atoms with E-state index in [2.05, 4.69) is 4.98 Å². The molecule has 5 rings (SSSR count). The minimum absolute atomic E-state index is 0.0704. The van der Waals surface area contributed by atoms with Crippen molar-refractivity contribution >= 4 is 0 Å². The predicted octanol–water partition coefficient (Wildman–Crippen LogP) is 0.137. The summed E-state index contributed by atoms with van der Waals surface area (Å²) < 4.78 is 23.1. The molecule has 2 aromatic carbocycles. The minimum Gasteiger partial charge on any atom is -0.497 e. The first kappa shape index (κ1) is 21.0. The molecule has 0 saturated heterocycles. The number of hydrogen-bond acceptors (Lipinski definition) is 7. The normalized spacial score (nSPS) is 18.6. The Balaban J connectivity index is 1.76. The van der Waals surface area contributed by atoms with Gasteiger partial charge in [-0.2, -0.15) is 0 Å². The minimum atomic E-state index is -0.738. The second-order valence-electron chi connectivity index (χ2n) is 8.03. The van der Waals surface area contributed by atoms with E-state index in [1.807, 2.05) is 13.1 Å². The Labute approximate surface area is 188 Å². The monoisotopic (exact) mass is 454 g/mol. The van der Waals surface area contributed by atoms with Crippen LogP contribution in [0.3, 0.4) is 0 Å². The van der Waals surface area contributed by atoms with Gasteiger partial charge in [0.25, 0.3) is 5.56 Å². The lowest BCUT2D eigenvalue weighted by Crippen LogP contribution is -3.10. The van der Waals surface area contributed by atoms with Gasteiger partial charge in [-0.15, -0.1) is 0 Å². The van der Waals surface area contributed by atoms with Crippen LogP contribution in [0.15, 0.2) is 39.9 Å². The maximum atomic E-state index is 13.1. The molecule has 2 aliphatic rings. The first-order valence-corrected chi connectivity index (χ1v) is 10.5. The third-order valence-corrected chi connectivity index (χ3v) is 6.26. The summed E-state index contributed by atoms with van der Waals surface area (Å²) in [6.45, 7) is 0.775. The Kier molecular flexibility index (Phi) is 5.01. The zero-order valence-electron chi connectivity index (χ0n) is 18.4. The highest BCUT2D eigenvalue weighted by molar-refractivity contribution is 5.63. The highest BCUT2D eigenvalue weighted by Gasteiger charge is 2.41. The van der Waals surface area contributed by atoms with E-state index in [9.17, 15) is 14.7 Å². The van der Waals surface area contributed by atoms with Crippen molar-refractivity contribution in [1.29, 1.82) is 0 Å². The Morgan fingerprint density at radius 1 is 1.12 bits per heavy atom. The SMILES string of the molecule is COc1ccc(-n2c(O)c([C@H]3c4c(cc5c(c4OC)OCO5)CC[NH+]3C)c(=O)[nH]c2=O)cc1. The van der Waals surface area contributed by atoms with Crippen molar-refractivity contribution in [1.82, 2.24) is 9.55 Å². The molecule has 172 valence electrons. The molecule has 1 unspecified atom stereocenters. The molecule has 3 heterocycles. The van der Waals surface area contributed by atoms with Crippen molar-refractivity contribution in [2.24, 2.45) is 0 Å². The lowest BCUT2D eigenvalue weighted by Gasteiger charge is -2.33. The molecule has 3 N–H and O–H groups in total. The fraction of sp³-hybridized carbons (Fsp3) is 0.304. The number of fused-ring (bicyclic) bond motifs is 2. The number of aromatic nitrogens is 2. The summed E-state index contributed by atoms with van der Waals surface area (Å²) in [7, 11) is 5.00. The number of H-pyrrole nitrogens is 1. The summed E-state index contributed by atoms with van der Waals surface area (Å²) in [5, 5.41) is 11.3. The zero-order valence-corrected chi connectivity index (χ0v) is 18.4. The molecule has 10 nitrogen and oxygen atoms in total. The average molecular weight is 454 g/mol. The number of likely N-dealkylation sites (N-methyl/N-ethyl adjacent to an activating group) is 1. The predicted molar refractivity (Wildman–Crippen MR) is 117 cm³/mol. The molecule has 10 heteroatoms. The second-order valence-corrected chi connectivity index (χ2v) is 8.03. The van der Waals surface area contributed by atoms with Gasteiger partial charge in [0.1, 0.15) is 11.3 Å². The van der Waals surface area contributed by atoms with Gasteiger partial charge in [-0.3, -0.25) is 9.78 Å². The molecule has 0 spiro atoms. The lowest BCUT2D eigenvalue weighted by molar-refractivity contribution is -0.908. The number of rotatable bonds is 4. The van der Waals surface area contributed by atoms with Crippen molar-refractivity contribution in [2.45, 2.75) is 12.5 Å². The lowest BCUT2D eigenvalue weighted by atomic mass is 9.87. The number of ether oxygens (including phenoxy) is 4. The topological polar surface area (TPSA) is 116 Å². The number of hydrogen-bond donors (Lipinski definition) is 3. The Morgan fingerprint density at radius 2 is 1.88 bits per heavy atom. The van der Waals surface area contributed by atoms with Gasteiger partial charge in [-0.25, -0.2) is 9.36 Å². The number of aromatic hydroxyl groups is 1. The molecular formula is C23H24N3O7+. The van der Waals surface area contributed by atoms with E-state index in [0.717, 1.165) is 27.0 Å². The molecule has 0 amide bonds. The van der Waals surface area contributed by atoms with Crippen molar-refractivity contribution < 1.29 is 29.0 Å². The van der Waals surface area contributed by atoms with E-state index in [1.54, 1.807) is 24.3 Å². The highest BCUT2D eigenvalue weighted by atomic mass is 16.7. The average Bonchev–Trinajstić information content (AvgIpc) is 3.27. The first-order chi connectivity index (χ1) is 15.9. The van der Waals surface area contributed by atoms with Crippen LogP contribution >= 0.6 is 0 Å². The third kappa shape index (κ3) is 3.21. The highest BCUT2D eigenvalue weighted by Crippen LogP contribution is 2.48. The number of nitrogens with zero attached hydrogens (tertiary/aromatic N) is 1. The fourth-order valence-electron chi connectivity index (χ4n) is 4.69. The Hall–Kier alpha value is -3.92. The summed E-state index contributed by atoms with van der Waals surface area (Å²) >= 11 is 0. The number of benzene rings is 2. The number of methoxy groups -OCH3 is 2. The second kappa shape index (κ2) is 7.89. The van der Waals surface area contributed by atoms with Gasteiger partial charge in [-0.05, 0) is 35.9 Å². The van der Waals surface area contributed by atoms with Crippen molar-refractivity contribution in [3.8, 4) is 34.6 Å². The van der Waals surface area contributed by atoms with Crippen LogP contribution in [0.4, 0.5) is 0 Å². The number of quaternary nitrogens is 1. The summed E-state index contributed by atoms with van der Waals surface area (Å²) in [5.41, 5.74) is 0.735. The molecule has 0 aliphatic carbocycles. The Morgan fingerprint density at radius 3 is 2.58 bits per heavy atom. The van der Waals surface area contributed by atoms with Crippen molar-refractivity contribution in [2.75, 3.05) is 34.6 Å². The smallest absolute Gasteiger partial charge is 0.335 e. The van der Waals surface area contributed by atoms with E-state index in [-0.39, 0.29) is 12.4 Å². The van der Waals surface area contributed by atoms with Crippen LogP contribution in [-0.2, 0) is 6.42 Å². The standard InChI is InChI=1S/C23H23N3O7/c1-25-9-8-12-10-15-19(33-11-32-15)20(31-3)16(12)18(25)17-21(27)24-23(29)26(22(17)28)13-4-6-14(30-2)7-5-13/h4-7,10,18,28H,8-9,11H2,1-3H3,(H,24,27,29)/p+1/t18-/m1/s1. The summed E-state index contributed by atoms with van der Waals surface area (Å²) in [6.07, 6.45) is 0.724. The van der Waals surface area contributed by atoms with Crippen LogP contribution in [0.2, 0.25) is 0 Å². The molecule has 33 heavy (non-hydrogen) atoms. The van der Waals surface area contributed by atoms with Crippen LogP contribution in [0.1, 0.15) is 22.7 Å². The van der Waals surface area contributed by atoms with Crippen molar-refractivity contribution in [3.05, 3.63) is 67.9 Å². The van der Waals surface area contributed by atoms with E-state index in [0.29, 0.717) is 35.2 Å². The summed E-state index contributed by atoms with van der Waals surface area (Å²) in [6, 6.07) is 7.89. The fourth-order valence-corrected chi connectivity index (χ4v) is 4.69. The molecule has 0 radical (unpaired) electrons. The van der Waals surface area contributed by atoms with Crippen LogP contribution in [-0.4, -0.2) is 49.3 Å². The van der Waals surface area contributed by atoms with Gasteiger partial charge in [0, 0.05) is 6.42 Å². The van der Waals surface area contributed by atoms with Crippen LogP contribution in [0.5, 0.6) is 28.9 Å². The number of aromatic amines is 1. The van der Waals surface area contributed by atoms with Crippen LogP contribution < -0.4 is 35.1 Å². The number of nitrogens with one attached hydrogen (secondary N) is 2. The van der Waals surface area contributed by atoms with Gasteiger partial charge < -0.3 is 29.0 Å². The molecule has 3 aromatic rings. The van der Waals surface area contributed by atoms with Crippen LogP contribution in [0.25, 0.3) is 5.69 Å². The Bertz CT molecular complexity index is 1340. The molecule has 1 aromatic heterocycles. The molecule has 0 saturated carbocycles. The van der Waals surface area contributed by atoms with Gasteiger partial charge >= 0.3 is 5.69 Å². The molecule has 0 bridgehead atoms. The third-order valence-electron chi connectivity index (χ3n) is 6.26. The van der Waals surface area contributed by atoms with Gasteiger partial charge in [0.2, 0.25) is 18.4 Å². The van der Waals surface area contributed by atoms with E-state index in [1.165, 1.54) is 14.2 Å². The van der Waals surface area contributed by atoms with E-state index >= 15 is 0 Å². The summed E-state index contributed by atoms with van der Waals surface area (Å²) in [4.78, 5) is 29.1. The van der Waals surface area contributed by atoms with Gasteiger partial charge in [0.05, 0.1) is 39.1 Å². The summed E-state index contributed by atoms with van der Waals surface area (Å²) in [5.74, 6) is 1.69. The zero-order chi connectivity index (χ0) is 23.3. The van der Waals surface area contributed by atoms with Crippen molar-refractivity contribution in [3.63, 3.8) is 0 Å². The van der Waals surface area contributed by atoms with Gasteiger partial charge in [-0.1, -0.05) is 0 Å². The van der Waals surface area contributed by atoms with E-state index in [4.69, 9.17) is 18.9 Å². The first-order valence-electron chi connectivity index (χ1n) is 10.5. The molecule has 0 fully saturated rings. The van der Waals surface area contributed by atoms with Crippen LogP contribution in [0, 0.1) is 0 Å². The van der Waals surface area contributed by atoms with E-state index < -0.39 is 23.2 Å². The molecule has 2 atom stereocenters. The van der Waals surface area contributed by atoms with Gasteiger partial charge in [0.15, 0.2) is 17.5 Å². The maximum absolute atomic E-state index is 13.1. The maximum Gasteiger partial charge on any atom is 0.335 e. The molecule has 2 aliphatic heterocycles. The molecular weight excluding hydrogens is 430 g/mol. The quantitative estimate of drug-likeness (QED) is 0.513.